The molecular weight excluding hydrogens is 362 g/mol. The maximum absolute atomic E-state index is 13.1. The van der Waals surface area contributed by atoms with E-state index in [2.05, 4.69) is 10.6 Å². The van der Waals surface area contributed by atoms with Crippen molar-refractivity contribution in [3.8, 4) is 0 Å². The Morgan fingerprint density at radius 3 is 2.14 bits per heavy atom. The fourth-order valence-corrected chi connectivity index (χ4v) is 3.26. The van der Waals surface area contributed by atoms with Crippen LogP contribution in [0, 0.1) is 11.8 Å². The molecule has 1 aliphatic rings. The number of nitrogens with one attached hydrogen (secondary N) is 2. The summed E-state index contributed by atoms with van der Waals surface area (Å²) in [7, 11) is 0. The van der Waals surface area contributed by atoms with E-state index in [0.29, 0.717) is 25.8 Å². The number of nitrogens with two attached hydrogens (primary N) is 2. The van der Waals surface area contributed by atoms with Crippen LogP contribution in [0.2, 0.25) is 0 Å². The van der Waals surface area contributed by atoms with E-state index in [0.717, 1.165) is 0 Å². The monoisotopic (exact) mass is 397 g/mol. The first-order valence-corrected chi connectivity index (χ1v) is 9.97. The third-order valence-corrected chi connectivity index (χ3v) is 5.30. The molecule has 6 N–H and O–H groups in total. The topological polar surface area (TPSA) is 148 Å². The molecule has 1 saturated heterocycles. The minimum absolute atomic E-state index is 0.110. The summed E-state index contributed by atoms with van der Waals surface area (Å²) in [6.07, 6.45) is 1.84. The molecular formula is C19H35N5O4. The lowest BCUT2D eigenvalue weighted by molar-refractivity contribution is -0.143. The maximum atomic E-state index is 13.1. The van der Waals surface area contributed by atoms with Crippen LogP contribution < -0.4 is 22.1 Å². The van der Waals surface area contributed by atoms with E-state index < -0.39 is 41.9 Å². The molecule has 1 heterocycles. The van der Waals surface area contributed by atoms with Gasteiger partial charge in [0.15, 0.2) is 0 Å². The van der Waals surface area contributed by atoms with Crippen LogP contribution in [0.25, 0.3) is 0 Å². The smallest absolute Gasteiger partial charge is 0.246 e. The van der Waals surface area contributed by atoms with Crippen LogP contribution in [0.3, 0.4) is 0 Å². The van der Waals surface area contributed by atoms with Crippen LogP contribution in [-0.4, -0.2) is 59.2 Å². The molecule has 0 aromatic rings. The molecule has 0 spiro atoms. The zero-order valence-electron chi connectivity index (χ0n) is 17.5. The van der Waals surface area contributed by atoms with Gasteiger partial charge in [0.05, 0.1) is 6.04 Å². The van der Waals surface area contributed by atoms with Gasteiger partial charge in [-0.3, -0.25) is 19.2 Å². The zero-order chi connectivity index (χ0) is 21.6. The summed E-state index contributed by atoms with van der Waals surface area (Å²) < 4.78 is 0. The first-order valence-electron chi connectivity index (χ1n) is 9.97. The molecule has 0 bridgehead atoms. The molecule has 0 aromatic carbocycles. The molecule has 160 valence electrons. The molecule has 28 heavy (non-hydrogen) atoms. The molecule has 1 aliphatic heterocycles. The van der Waals surface area contributed by atoms with E-state index in [1.807, 2.05) is 27.7 Å². The van der Waals surface area contributed by atoms with Crippen molar-refractivity contribution in [3.63, 3.8) is 0 Å². The molecule has 5 atom stereocenters. The van der Waals surface area contributed by atoms with Gasteiger partial charge in [0, 0.05) is 6.54 Å². The summed E-state index contributed by atoms with van der Waals surface area (Å²) in [6, 6.07) is -2.98. The highest BCUT2D eigenvalue weighted by Gasteiger charge is 2.40. The largest absolute Gasteiger partial charge is 0.368 e. The van der Waals surface area contributed by atoms with Gasteiger partial charge < -0.3 is 27.0 Å². The average molecular weight is 398 g/mol. The van der Waals surface area contributed by atoms with E-state index >= 15 is 0 Å². The Bertz CT molecular complexity index is 593. The minimum atomic E-state index is -0.784. The summed E-state index contributed by atoms with van der Waals surface area (Å²) in [4.78, 5) is 51.0. The number of amides is 4. The number of nitrogens with zero attached hydrogens (tertiary/aromatic N) is 1. The van der Waals surface area contributed by atoms with Crippen LogP contribution in [0.4, 0.5) is 0 Å². The summed E-state index contributed by atoms with van der Waals surface area (Å²) in [5, 5.41) is 5.38. The number of carbonyl (C=O) groups is 4. The van der Waals surface area contributed by atoms with Crippen molar-refractivity contribution >= 4 is 23.6 Å². The lowest BCUT2D eigenvalue weighted by atomic mass is 9.98. The maximum Gasteiger partial charge on any atom is 0.246 e. The highest BCUT2D eigenvalue weighted by Crippen LogP contribution is 2.21. The predicted molar refractivity (Wildman–Crippen MR) is 106 cm³/mol. The summed E-state index contributed by atoms with van der Waals surface area (Å²) in [5.41, 5.74) is 11.0. The second kappa shape index (κ2) is 10.4. The Balaban J connectivity index is 2.94. The second-order valence-electron chi connectivity index (χ2n) is 7.98. The second-order valence-corrected chi connectivity index (χ2v) is 7.98. The number of primary amides is 1. The van der Waals surface area contributed by atoms with Crippen molar-refractivity contribution in [2.75, 3.05) is 6.54 Å². The Kier molecular flexibility index (Phi) is 8.87. The van der Waals surface area contributed by atoms with Gasteiger partial charge in [0.25, 0.3) is 0 Å². The van der Waals surface area contributed by atoms with Gasteiger partial charge in [0.2, 0.25) is 23.6 Å². The lowest BCUT2D eigenvalue weighted by Gasteiger charge is -2.32. The molecule has 0 radical (unpaired) electrons. The fraction of sp³-hybridized carbons (Fsp3) is 0.789. The van der Waals surface area contributed by atoms with E-state index in [9.17, 15) is 19.2 Å². The zero-order valence-corrected chi connectivity index (χ0v) is 17.5. The van der Waals surface area contributed by atoms with Gasteiger partial charge in [0.1, 0.15) is 18.1 Å². The van der Waals surface area contributed by atoms with E-state index in [1.165, 1.54) is 4.90 Å². The van der Waals surface area contributed by atoms with Crippen molar-refractivity contribution in [2.45, 2.75) is 78.0 Å². The molecule has 0 saturated carbocycles. The van der Waals surface area contributed by atoms with Gasteiger partial charge in [-0.2, -0.15) is 0 Å². The number of hydrogen-bond acceptors (Lipinski definition) is 5. The normalized spacial score (nSPS) is 21.0. The lowest BCUT2D eigenvalue weighted by Crippen LogP contribution is -2.58. The van der Waals surface area contributed by atoms with Gasteiger partial charge in [-0.1, -0.05) is 34.1 Å². The average Bonchev–Trinajstić information content (AvgIpc) is 3.11. The number of rotatable bonds is 9. The molecule has 5 unspecified atom stereocenters. The quantitative estimate of drug-likeness (QED) is 0.413. The van der Waals surface area contributed by atoms with Crippen molar-refractivity contribution < 1.29 is 19.2 Å². The Morgan fingerprint density at radius 1 is 1.07 bits per heavy atom. The SMILES string of the molecule is CCC(C)C(NC(=O)C1CCCN1C(=O)C(NC(=O)C(C)N)C(C)C)C(N)=O. The predicted octanol–water partition coefficient (Wildman–Crippen LogP) is -0.518. The van der Waals surface area contributed by atoms with Crippen molar-refractivity contribution in [3.05, 3.63) is 0 Å². The third-order valence-electron chi connectivity index (χ3n) is 5.30. The van der Waals surface area contributed by atoms with E-state index in [1.54, 1.807) is 6.92 Å². The number of hydrogen-bond donors (Lipinski definition) is 4. The number of carbonyl (C=O) groups excluding carboxylic acids is 4. The first kappa shape index (κ1) is 23.9. The Hall–Kier alpha value is -2.16. The minimum Gasteiger partial charge on any atom is -0.368 e. The van der Waals surface area contributed by atoms with Crippen LogP contribution in [0.1, 0.15) is 53.9 Å². The molecule has 1 fully saturated rings. The highest BCUT2D eigenvalue weighted by molar-refractivity contribution is 5.95. The highest BCUT2D eigenvalue weighted by atomic mass is 16.2. The standard InChI is InChI=1S/C19H35N5O4/c1-6-11(4)15(16(21)25)23-18(27)13-8-7-9-24(13)19(28)14(10(2)3)22-17(26)12(5)20/h10-15H,6-9,20H2,1-5H3,(H2,21,25)(H,22,26)(H,23,27). The summed E-state index contributed by atoms with van der Waals surface area (Å²) >= 11 is 0. The third kappa shape index (κ3) is 5.92. The van der Waals surface area contributed by atoms with Crippen LogP contribution >= 0.6 is 0 Å². The number of likely N-dealkylation sites (tertiary alicyclic amines) is 1. The van der Waals surface area contributed by atoms with Crippen molar-refractivity contribution in [2.24, 2.45) is 23.3 Å². The molecule has 9 heteroatoms. The van der Waals surface area contributed by atoms with Crippen LogP contribution in [-0.2, 0) is 19.2 Å². The van der Waals surface area contributed by atoms with Crippen molar-refractivity contribution in [1.29, 1.82) is 0 Å². The van der Waals surface area contributed by atoms with E-state index in [4.69, 9.17) is 11.5 Å². The molecule has 0 aliphatic carbocycles. The Labute approximate surface area is 166 Å². The van der Waals surface area contributed by atoms with Crippen molar-refractivity contribution in [1.82, 2.24) is 15.5 Å². The first-order chi connectivity index (χ1) is 13.0. The van der Waals surface area contributed by atoms with Gasteiger partial charge in [-0.25, -0.2) is 0 Å². The molecule has 1 rings (SSSR count). The molecule has 4 amide bonds. The Morgan fingerprint density at radius 2 is 1.68 bits per heavy atom. The molecule has 0 aromatic heterocycles. The van der Waals surface area contributed by atoms with Gasteiger partial charge in [-0.15, -0.1) is 0 Å². The summed E-state index contributed by atoms with van der Waals surface area (Å²) in [6.45, 7) is 9.35. The fourth-order valence-electron chi connectivity index (χ4n) is 3.26. The van der Waals surface area contributed by atoms with Crippen LogP contribution in [0.15, 0.2) is 0 Å². The summed E-state index contributed by atoms with van der Waals surface area (Å²) in [5.74, 6) is -2.00. The van der Waals surface area contributed by atoms with Gasteiger partial charge >= 0.3 is 0 Å². The molecule has 9 nitrogen and oxygen atoms in total. The van der Waals surface area contributed by atoms with Crippen LogP contribution in [0.5, 0.6) is 0 Å². The van der Waals surface area contributed by atoms with E-state index in [-0.39, 0.29) is 17.7 Å². The van der Waals surface area contributed by atoms with Gasteiger partial charge in [-0.05, 0) is 31.6 Å².